The number of carboxylic acid groups (broad SMARTS) is 1. The Morgan fingerprint density at radius 1 is 1.47 bits per heavy atom. The molecule has 2 N–H and O–H groups in total. The molecule has 0 aliphatic carbocycles. The van der Waals surface area contributed by atoms with E-state index < -0.39 is 6.09 Å². The highest BCUT2D eigenvalue weighted by molar-refractivity contribution is 9.10. The minimum atomic E-state index is -0.898. The second-order valence-corrected chi connectivity index (χ2v) is 4.28. The summed E-state index contributed by atoms with van der Waals surface area (Å²) in [5.41, 5.74) is 1.96. The van der Waals surface area contributed by atoms with Crippen LogP contribution in [0.15, 0.2) is 16.6 Å². The molecule has 5 heteroatoms. The van der Waals surface area contributed by atoms with E-state index in [9.17, 15) is 9.90 Å². The highest BCUT2D eigenvalue weighted by atomic mass is 79.9. The molecule has 0 aromatic heterocycles. The standard InChI is InChI=1S/C10H10BrNO3/c11-9-7-3-4-12(10(14)15)5-6(7)1-2-8(9)13/h1-2,13H,3-5H2,(H,14,15). The predicted octanol–water partition coefficient (Wildman–Crippen LogP) is 2.19. The van der Waals surface area contributed by atoms with Crippen LogP contribution in [-0.4, -0.2) is 27.8 Å². The largest absolute Gasteiger partial charge is 0.507 e. The fourth-order valence-corrected chi connectivity index (χ4v) is 2.35. The SMILES string of the molecule is O=C(O)N1CCc2c(ccc(O)c2Br)C1. The van der Waals surface area contributed by atoms with E-state index in [-0.39, 0.29) is 5.75 Å². The van der Waals surface area contributed by atoms with Crippen LogP contribution in [0, 0.1) is 0 Å². The molecular weight excluding hydrogens is 262 g/mol. The summed E-state index contributed by atoms with van der Waals surface area (Å²) in [6.07, 6.45) is -0.263. The van der Waals surface area contributed by atoms with Gasteiger partial charge in [-0.15, -0.1) is 0 Å². The number of aromatic hydroxyl groups is 1. The van der Waals surface area contributed by atoms with Crippen LogP contribution in [0.4, 0.5) is 4.79 Å². The van der Waals surface area contributed by atoms with Gasteiger partial charge < -0.3 is 15.1 Å². The molecule has 0 spiro atoms. The normalized spacial score (nSPS) is 14.9. The maximum Gasteiger partial charge on any atom is 0.407 e. The van der Waals surface area contributed by atoms with Gasteiger partial charge in [-0.3, -0.25) is 0 Å². The molecule has 0 saturated heterocycles. The smallest absolute Gasteiger partial charge is 0.407 e. The summed E-state index contributed by atoms with van der Waals surface area (Å²) in [7, 11) is 0. The van der Waals surface area contributed by atoms with Crippen molar-refractivity contribution in [2.24, 2.45) is 0 Å². The van der Waals surface area contributed by atoms with Crippen LogP contribution in [0.3, 0.4) is 0 Å². The fraction of sp³-hybridized carbons (Fsp3) is 0.300. The minimum Gasteiger partial charge on any atom is -0.507 e. The first-order valence-electron chi connectivity index (χ1n) is 4.56. The Morgan fingerprint density at radius 2 is 2.20 bits per heavy atom. The number of nitrogens with zero attached hydrogens (tertiary/aromatic N) is 1. The van der Waals surface area contributed by atoms with E-state index in [1.807, 2.05) is 0 Å². The van der Waals surface area contributed by atoms with Crippen LogP contribution in [0.1, 0.15) is 11.1 Å². The number of hydrogen-bond donors (Lipinski definition) is 2. The Bertz CT molecular complexity index is 419. The number of rotatable bonds is 0. The van der Waals surface area contributed by atoms with Crippen molar-refractivity contribution in [3.63, 3.8) is 0 Å². The molecule has 1 aromatic rings. The monoisotopic (exact) mass is 271 g/mol. The first-order chi connectivity index (χ1) is 7.09. The lowest BCUT2D eigenvalue weighted by Gasteiger charge is -2.27. The summed E-state index contributed by atoms with van der Waals surface area (Å²) in [4.78, 5) is 12.1. The predicted molar refractivity (Wildman–Crippen MR) is 57.9 cm³/mol. The average Bonchev–Trinajstić information content (AvgIpc) is 2.23. The van der Waals surface area contributed by atoms with E-state index in [1.165, 1.54) is 4.90 Å². The maximum atomic E-state index is 10.8. The molecule has 0 radical (unpaired) electrons. The third-order valence-electron chi connectivity index (χ3n) is 2.58. The molecule has 0 fully saturated rings. The van der Waals surface area contributed by atoms with Crippen molar-refractivity contribution < 1.29 is 15.0 Å². The zero-order chi connectivity index (χ0) is 11.0. The van der Waals surface area contributed by atoms with Crippen LogP contribution >= 0.6 is 15.9 Å². The van der Waals surface area contributed by atoms with Gasteiger partial charge in [0.1, 0.15) is 5.75 Å². The van der Waals surface area contributed by atoms with Gasteiger partial charge in [0.25, 0.3) is 0 Å². The van der Waals surface area contributed by atoms with Crippen molar-refractivity contribution >= 4 is 22.0 Å². The zero-order valence-electron chi connectivity index (χ0n) is 7.90. The van der Waals surface area contributed by atoms with Gasteiger partial charge in [-0.05, 0) is 39.5 Å². The van der Waals surface area contributed by atoms with Crippen LogP contribution in [0.25, 0.3) is 0 Å². The van der Waals surface area contributed by atoms with Gasteiger partial charge in [0, 0.05) is 13.1 Å². The molecule has 1 amide bonds. The lowest BCUT2D eigenvalue weighted by molar-refractivity contribution is 0.140. The fourth-order valence-electron chi connectivity index (χ4n) is 1.76. The number of phenols is 1. The molecule has 0 bridgehead atoms. The third kappa shape index (κ3) is 1.79. The Labute approximate surface area is 95.3 Å². The van der Waals surface area contributed by atoms with Crippen LogP contribution in [-0.2, 0) is 13.0 Å². The van der Waals surface area contributed by atoms with Gasteiger partial charge in [0.15, 0.2) is 0 Å². The van der Waals surface area contributed by atoms with E-state index in [1.54, 1.807) is 12.1 Å². The molecule has 1 aliphatic heterocycles. The number of carbonyl (C=O) groups is 1. The summed E-state index contributed by atoms with van der Waals surface area (Å²) in [6, 6.07) is 3.35. The molecule has 1 aliphatic rings. The summed E-state index contributed by atoms with van der Waals surface area (Å²) in [5.74, 6) is 0.206. The molecule has 80 valence electrons. The number of phenolic OH excluding ortho intramolecular Hbond substituents is 1. The molecule has 0 atom stereocenters. The number of fused-ring (bicyclic) bond motifs is 1. The second-order valence-electron chi connectivity index (χ2n) is 3.49. The summed E-state index contributed by atoms with van der Waals surface area (Å²) in [5, 5.41) is 18.3. The van der Waals surface area contributed by atoms with Crippen molar-refractivity contribution in [2.75, 3.05) is 6.54 Å². The molecule has 1 heterocycles. The molecule has 4 nitrogen and oxygen atoms in total. The maximum absolute atomic E-state index is 10.8. The van der Waals surface area contributed by atoms with Gasteiger partial charge in [-0.1, -0.05) is 6.07 Å². The number of amides is 1. The topological polar surface area (TPSA) is 60.8 Å². The van der Waals surface area contributed by atoms with Crippen molar-refractivity contribution in [2.45, 2.75) is 13.0 Å². The quantitative estimate of drug-likeness (QED) is 0.761. The van der Waals surface area contributed by atoms with Crippen molar-refractivity contribution in [3.05, 3.63) is 27.7 Å². The Morgan fingerprint density at radius 3 is 2.87 bits per heavy atom. The lowest BCUT2D eigenvalue weighted by Crippen LogP contribution is -2.34. The summed E-state index contributed by atoms with van der Waals surface area (Å²) in [6.45, 7) is 0.869. The van der Waals surface area contributed by atoms with Crippen molar-refractivity contribution in [1.82, 2.24) is 4.90 Å². The van der Waals surface area contributed by atoms with Gasteiger partial charge in [-0.2, -0.15) is 0 Å². The van der Waals surface area contributed by atoms with E-state index >= 15 is 0 Å². The van der Waals surface area contributed by atoms with Crippen LogP contribution in [0.5, 0.6) is 5.75 Å². The van der Waals surface area contributed by atoms with Crippen LogP contribution in [0.2, 0.25) is 0 Å². The molecule has 0 unspecified atom stereocenters. The molecular formula is C10H10BrNO3. The van der Waals surface area contributed by atoms with Crippen molar-refractivity contribution in [3.8, 4) is 5.75 Å². The number of benzene rings is 1. The number of halogens is 1. The van der Waals surface area contributed by atoms with Gasteiger partial charge in [0.2, 0.25) is 0 Å². The highest BCUT2D eigenvalue weighted by Gasteiger charge is 2.22. The zero-order valence-corrected chi connectivity index (χ0v) is 9.49. The van der Waals surface area contributed by atoms with E-state index in [2.05, 4.69) is 15.9 Å². The average molecular weight is 272 g/mol. The van der Waals surface area contributed by atoms with Gasteiger partial charge in [0.05, 0.1) is 4.47 Å². The molecule has 15 heavy (non-hydrogen) atoms. The first-order valence-corrected chi connectivity index (χ1v) is 5.36. The Hall–Kier alpha value is -1.23. The van der Waals surface area contributed by atoms with Crippen molar-refractivity contribution in [1.29, 1.82) is 0 Å². The summed E-state index contributed by atoms with van der Waals surface area (Å²) >= 11 is 3.31. The van der Waals surface area contributed by atoms with Gasteiger partial charge in [-0.25, -0.2) is 4.79 Å². The van der Waals surface area contributed by atoms with E-state index in [0.717, 1.165) is 11.1 Å². The number of hydrogen-bond acceptors (Lipinski definition) is 2. The minimum absolute atomic E-state index is 0.206. The second kappa shape index (κ2) is 3.73. The van der Waals surface area contributed by atoms with Crippen LogP contribution < -0.4 is 0 Å². The van der Waals surface area contributed by atoms with E-state index in [0.29, 0.717) is 24.0 Å². The van der Waals surface area contributed by atoms with E-state index in [4.69, 9.17) is 5.11 Å². The molecule has 0 saturated carbocycles. The third-order valence-corrected chi connectivity index (χ3v) is 3.47. The van der Waals surface area contributed by atoms with Gasteiger partial charge >= 0.3 is 6.09 Å². The highest BCUT2D eigenvalue weighted by Crippen LogP contribution is 2.33. The summed E-state index contributed by atoms with van der Waals surface area (Å²) < 4.78 is 0.685. The first kappa shape index (κ1) is 10.3. The molecule has 1 aromatic carbocycles. The molecule has 2 rings (SSSR count). The lowest BCUT2D eigenvalue weighted by atomic mass is 10.00. The Kier molecular flexibility index (Phi) is 2.56. The Balaban J connectivity index is 2.36.